The zero-order valence-electron chi connectivity index (χ0n) is 1.15. The Morgan fingerprint density at radius 2 is 0.120 bits per heavy atom. The summed E-state index contributed by atoms with van der Waals surface area (Å²) in [5.41, 5.74) is 0. The van der Waals surface area contributed by atoms with Crippen LogP contribution in [0.15, 0.2) is 0 Å². The third kappa shape index (κ3) is 56600. The molecule has 0 aliphatic heterocycles. The molecule has 0 aliphatic rings. The predicted octanol–water partition coefficient (Wildman–Crippen LogP) is 14.9. The van der Waals surface area contributed by atoms with Crippen LogP contribution in [0.3, 0.4) is 0 Å². The van der Waals surface area contributed by atoms with Crippen LogP contribution in [0.1, 0.15) is 171 Å². The third-order valence-electron chi connectivity index (χ3n) is 0. The van der Waals surface area contributed by atoms with E-state index in [1.54, 1.807) is 0 Å². The van der Waals surface area contributed by atoms with Crippen molar-refractivity contribution >= 4 is 0 Å². The van der Waals surface area contributed by atoms with Crippen LogP contribution >= 0.6 is 0 Å². The molecule has 0 heterocycles. The van der Waals surface area contributed by atoms with Crippen molar-refractivity contribution in [2.24, 2.45) is 0 Å². The maximum Gasteiger partial charge on any atom is -0.0776 e. The van der Waals surface area contributed by atoms with E-state index in [9.17, 15) is 0 Å². The summed E-state index contributed by atoms with van der Waals surface area (Å²) in [7, 11) is 0. The second-order valence-corrected chi connectivity index (χ2v) is 0. The fraction of sp³-hybridized carbons (Fsp3) is 0.920. The first-order chi connectivity index (χ1) is 1.00. The van der Waals surface area contributed by atoms with Crippen LogP contribution in [0.4, 0.5) is 0 Å². The normalized spacial score (nSPS) is 0.0800. The van der Waals surface area contributed by atoms with Crippen molar-refractivity contribution in [3.8, 4) is 12.8 Å². The first kappa shape index (κ1) is 43500. The molecule has 0 amide bonds. The Balaban J connectivity index is -0.0000000000198. The van der Waals surface area contributed by atoms with Crippen molar-refractivity contribution in [3.05, 3.63) is 0 Å². The molecule has 0 N–H and O–H groups in total. The van der Waals surface area contributed by atoms with Crippen molar-refractivity contribution in [3.63, 3.8) is 0 Å². The average Bonchev–Trinajstić information content (AvgIpc) is 1.00. The highest BCUT2D eigenvalue weighted by atomic mass is 12.6. The van der Waals surface area contributed by atoms with Crippen LogP contribution in [0.5, 0.6) is 0 Å². The van der Waals surface area contributed by atoms with Gasteiger partial charge in [-0.3, -0.25) is 0 Å². The molecule has 194 valence electrons. The minimum atomic E-state index is 0. The van der Waals surface area contributed by atoms with E-state index in [0.29, 0.717) is 0 Å². The smallest absolute Gasteiger partial charge is 0.0776 e. The van der Waals surface area contributed by atoms with Crippen molar-refractivity contribution in [2.75, 3.05) is 0 Å². The van der Waals surface area contributed by atoms with Gasteiger partial charge in [-0.2, -0.15) is 0 Å². The van der Waals surface area contributed by atoms with Gasteiger partial charge in [0.2, 0.25) is 0 Å². The van der Waals surface area contributed by atoms with Crippen molar-refractivity contribution in [2.45, 2.75) is 171 Å². The molecule has 0 rings (SSSR count). The van der Waals surface area contributed by atoms with Crippen LogP contribution < -0.4 is 0 Å². The van der Waals surface area contributed by atoms with E-state index in [-0.39, 0.29) is 171 Å². The summed E-state index contributed by atoms with van der Waals surface area (Å²) >= 11 is 0. The van der Waals surface area contributed by atoms with E-state index < -0.39 is 0 Å². The predicted molar refractivity (Wildman–Crippen MR) is 165 cm³/mol. The molecule has 25 heavy (non-hydrogen) atoms. The summed E-state index contributed by atoms with van der Waals surface area (Å²) in [5.74, 6) is 0. The van der Waals surface area contributed by atoms with Crippen LogP contribution in [-0.4, -0.2) is 0 Å². The lowest BCUT2D eigenvalue weighted by Crippen LogP contribution is -0.576. The fourth-order valence-corrected chi connectivity index (χ4v) is 0. The highest BCUT2D eigenvalue weighted by molar-refractivity contribution is 4.47. The Bertz CT molecular complexity index is 4.75. The monoisotopic (exact) mass is 395 g/mol. The van der Waals surface area contributed by atoms with Crippen molar-refractivity contribution in [1.82, 2.24) is 0 Å². The summed E-state index contributed by atoms with van der Waals surface area (Å²) in [6.45, 7) is 0. The van der Waals surface area contributed by atoms with Crippen molar-refractivity contribution in [1.29, 1.82) is 0 Å². The molecule has 0 atom stereocenters. The summed E-state index contributed by atoms with van der Waals surface area (Å²) in [6, 6.07) is 0. The Morgan fingerprint density at radius 3 is 0.120 bits per heavy atom. The Kier molecular flexibility index (Phi) is 108000000. The Labute approximate surface area is 184 Å². The Hall–Kier alpha value is -0.440. The molecule has 0 radical (unpaired) electrons. The summed E-state index contributed by atoms with van der Waals surface area (Å²) in [5, 5.41) is 0. The maximum atomic E-state index is 4.00. The van der Waals surface area contributed by atoms with E-state index in [0.717, 1.165) is 0 Å². The number of hydrogen-bond acceptors (Lipinski definition) is 0. The standard InChI is InChI=1S/C2H2.23CH4/c1-2;;;;;;;;;;;;;;;;;;;;;;;/h1-2H;23*1H4. The van der Waals surface area contributed by atoms with Gasteiger partial charge in [-0.05, 0) is 0 Å². The molecular formula is C25H94. The van der Waals surface area contributed by atoms with Gasteiger partial charge in [0, 0.05) is 0 Å². The maximum absolute atomic E-state index is 4.00. The van der Waals surface area contributed by atoms with E-state index in [1.807, 2.05) is 0 Å². The van der Waals surface area contributed by atoms with Gasteiger partial charge in [-0.1, -0.05) is 171 Å². The van der Waals surface area contributed by atoms with Gasteiger partial charge in [0.15, 0.2) is 0 Å². The second kappa shape index (κ2) is 61900. The summed E-state index contributed by atoms with van der Waals surface area (Å²) in [6.07, 6.45) is 8.00. The first-order valence-corrected chi connectivity index (χ1v) is 0.333. The molecule has 0 aromatic heterocycles. The summed E-state index contributed by atoms with van der Waals surface area (Å²) in [4.78, 5) is 0. The second-order valence-electron chi connectivity index (χ2n) is 0. The highest BCUT2D eigenvalue weighted by Crippen LogP contribution is 0.579. The summed E-state index contributed by atoms with van der Waals surface area (Å²) < 4.78 is 0. The van der Waals surface area contributed by atoms with E-state index in [2.05, 4.69) is 12.8 Å². The molecule has 0 aromatic rings. The highest BCUT2D eigenvalue weighted by Gasteiger charge is 0.454. The number of rotatable bonds is 0. The molecular weight excluding hydrogens is 300 g/mol. The average molecular weight is 395 g/mol. The molecule has 0 saturated carbocycles. The number of hydrogen-bond donors (Lipinski definition) is 0. The van der Waals surface area contributed by atoms with E-state index in [4.69, 9.17) is 0 Å². The zero-order chi connectivity index (χ0) is 2.00. The van der Waals surface area contributed by atoms with Gasteiger partial charge in [0.1, 0.15) is 0 Å². The molecule has 0 fully saturated rings. The quantitative estimate of drug-likeness (QED) is 0.358. The molecule has 0 aromatic carbocycles. The molecule has 0 unspecified atom stereocenters. The van der Waals surface area contributed by atoms with Gasteiger partial charge in [0.25, 0.3) is 0 Å². The SMILES string of the molecule is C.C.C.C.C.C.C.C.C.C.C.C.C.C.C.C.C.C.C.C.C.C.C.C#C. The molecule has 0 saturated heterocycles. The Morgan fingerprint density at radius 1 is 0.120 bits per heavy atom. The molecule has 0 spiro atoms. The molecule has 0 bridgehead atoms. The topological polar surface area (TPSA) is 0 Å². The lowest BCUT2D eigenvalue weighted by Gasteiger charge is -0.701. The zero-order valence-corrected chi connectivity index (χ0v) is 1.15. The van der Waals surface area contributed by atoms with Crippen LogP contribution in [0.2, 0.25) is 0 Å². The van der Waals surface area contributed by atoms with Gasteiger partial charge < -0.3 is 0 Å². The fourth-order valence-electron chi connectivity index (χ4n) is 0. The van der Waals surface area contributed by atoms with Gasteiger partial charge in [-0.15, -0.1) is 12.8 Å². The molecule has 0 aliphatic carbocycles. The van der Waals surface area contributed by atoms with Gasteiger partial charge in [-0.25, -0.2) is 0 Å². The third-order valence-corrected chi connectivity index (χ3v) is 0. The minimum absolute atomic E-state index is 0. The first-order valence-electron chi connectivity index (χ1n) is 0.333. The minimum Gasteiger partial charge on any atom is -0.124 e. The van der Waals surface area contributed by atoms with Gasteiger partial charge >= 0.3 is 0 Å². The lowest BCUT2D eigenvalue weighted by molar-refractivity contribution is 2.50. The number of terminal acetylenes is 1. The van der Waals surface area contributed by atoms with Gasteiger partial charge in [0.05, 0.1) is 0 Å². The van der Waals surface area contributed by atoms with Crippen LogP contribution in [0.25, 0.3) is 0 Å². The van der Waals surface area contributed by atoms with E-state index in [1.165, 1.54) is 0 Å². The largest absolute Gasteiger partial charge is 0.124 e. The van der Waals surface area contributed by atoms with Crippen molar-refractivity contribution < 1.29 is 0 Å². The van der Waals surface area contributed by atoms with Crippen LogP contribution in [-0.2, 0) is 0 Å². The van der Waals surface area contributed by atoms with E-state index >= 15 is 0 Å². The lowest BCUT2D eigenvalue weighted by atomic mass is 11.4. The molecule has 0 nitrogen and oxygen atoms in total. The van der Waals surface area contributed by atoms with Crippen LogP contribution in [0, 0.1) is 12.8 Å². The molecule has 0 heteroatoms.